The summed E-state index contributed by atoms with van der Waals surface area (Å²) in [6, 6.07) is 40.8. The van der Waals surface area contributed by atoms with Crippen LogP contribution in [-0.4, -0.2) is 20.3 Å². The molecule has 0 bridgehead atoms. The van der Waals surface area contributed by atoms with Gasteiger partial charge in [-0.15, -0.1) is 0 Å². The largest absolute Gasteiger partial charge is 0.497 e. The number of unbranched alkanes of at least 4 members (excludes halogenated alkanes) is 2. The Hall–Kier alpha value is -5.48. The van der Waals surface area contributed by atoms with Crippen LogP contribution in [0.25, 0.3) is 39.1 Å². The molecular weight excluding hydrogens is 653 g/mol. The van der Waals surface area contributed by atoms with Crippen molar-refractivity contribution < 1.29 is 18.9 Å². The molecule has 8 rings (SSSR count). The Labute approximate surface area is 314 Å². The Morgan fingerprint density at radius 1 is 0.623 bits per heavy atom. The van der Waals surface area contributed by atoms with Gasteiger partial charge in [-0.2, -0.15) is 0 Å². The summed E-state index contributed by atoms with van der Waals surface area (Å²) in [5.74, 6) is 3.42. The van der Waals surface area contributed by atoms with Gasteiger partial charge in [0.15, 0.2) is 5.60 Å². The SMILES string of the molecule is CCCCOc1ccc(C2(c3ccc(OCCCC)cc3)C=Cc3c4c(c5cc(OC)ccc5c3O2)-c2ccc(-c3ccccc3)cc2C4(C)C)cc1. The fourth-order valence-electron chi connectivity index (χ4n) is 8.14. The highest BCUT2D eigenvalue weighted by Crippen LogP contribution is 2.59. The standard InChI is InChI=1S/C49H48O4/c1-6-8-29-51-37-20-16-35(17-21-37)49(36-18-22-38(23-19-36)52-30-9-7-2)28-27-42-46-45(43-32-39(50-5)24-26-40(43)47(42)53-49)41-25-15-34(31-44(41)48(46,3)4)33-13-11-10-12-14-33/h10-28,31-32H,6-9,29-30H2,1-5H3. The highest BCUT2D eigenvalue weighted by Gasteiger charge is 2.44. The van der Waals surface area contributed by atoms with Crippen molar-refractivity contribution in [3.05, 3.63) is 149 Å². The van der Waals surface area contributed by atoms with E-state index in [4.69, 9.17) is 18.9 Å². The second-order valence-corrected chi connectivity index (χ2v) is 14.8. The van der Waals surface area contributed by atoms with Crippen LogP contribution in [0.2, 0.25) is 0 Å². The van der Waals surface area contributed by atoms with Crippen molar-refractivity contribution in [2.45, 2.75) is 64.4 Å². The number of methoxy groups -OCH3 is 1. The molecule has 0 unspecified atom stereocenters. The average molecular weight is 701 g/mol. The Bertz CT molecular complexity index is 2230. The normalized spacial score (nSPS) is 14.6. The fraction of sp³-hybridized carbons (Fsp3) is 0.265. The average Bonchev–Trinajstić information content (AvgIpc) is 3.44. The summed E-state index contributed by atoms with van der Waals surface area (Å²) >= 11 is 0. The summed E-state index contributed by atoms with van der Waals surface area (Å²) in [5.41, 5.74) is 9.52. The van der Waals surface area contributed by atoms with E-state index in [0.717, 1.165) is 76.1 Å². The minimum absolute atomic E-state index is 0.292. The molecule has 4 nitrogen and oxygen atoms in total. The molecule has 268 valence electrons. The summed E-state index contributed by atoms with van der Waals surface area (Å²) in [7, 11) is 1.74. The third-order valence-electron chi connectivity index (χ3n) is 11.0. The van der Waals surface area contributed by atoms with Crippen molar-refractivity contribution >= 4 is 16.8 Å². The molecule has 53 heavy (non-hydrogen) atoms. The lowest BCUT2D eigenvalue weighted by molar-refractivity contribution is 0.163. The van der Waals surface area contributed by atoms with Gasteiger partial charge < -0.3 is 18.9 Å². The molecule has 1 aliphatic heterocycles. The summed E-state index contributed by atoms with van der Waals surface area (Å²) in [5, 5.41) is 2.18. The van der Waals surface area contributed by atoms with Crippen LogP contribution >= 0.6 is 0 Å². The van der Waals surface area contributed by atoms with Crippen molar-refractivity contribution in [2.75, 3.05) is 20.3 Å². The van der Waals surface area contributed by atoms with Crippen molar-refractivity contribution in [1.82, 2.24) is 0 Å². The maximum absolute atomic E-state index is 7.56. The van der Waals surface area contributed by atoms with Gasteiger partial charge in [0.1, 0.15) is 23.0 Å². The number of hydrogen-bond acceptors (Lipinski definition) is 4. The number of benzene rings is 6. The molecule has 6 aromatic carbocycles. The van der Waals surface area contributed by atoms with Crippen molar-refractivity contribution in [3.8, 4) is 45.3 Å². The summed E-state index contributed by atoms with van der Waals surface area (Å²) in [6.45, 7) is 10.5. The zero-order valence-electron chi connectivity index (χ0n) is 31.5. The van der Waals surface area contributed by atoms with Gasteiger partial charge in [0.25, 0.3) is 0 Å². The molecule has 0 amide bonds. The van der Waals surface area contributed by atoms with E-state index in [0.29, 0.717) is 13.2 Å². The van der Waals surface area contributed by atoms with Crippen LogP contribution in [0.5, 0.6) is 23.0 Å². The van der Waals surface area contributed by atoms with E-state index in [2.05, 4.69) is 149 Å². The van der Waals surface area contributed by atoms with Gasteiger partial charge in [-0.3, -0.25) is 0 Å². The van der Waals surface area contributed by atoms with Gasteiger partial charge in [0.05, 0.1) is 20.3 Å². The zero-order chi connectivity index (χ0) is 36.6. The first-order valence-electron chi connectivity index (χ1n) is 19.1. The third-order valence-corrected chi connectivity index (χ3v) is 11.0. The van der Waals surface area contributed by atoms with Crippen LogP contribution in [0.1, 0.15) is 81.2 Å². The van der Waals surface area contributed by atoms with Gasteiger partial charge in [0, 0.05) is 27.5 Å². The molecule has 4 heteroatoms. The third kappa shape index (κ3) is 6.04. The molecule has 0 fully saturated rings. The molecule has 1 heterocycles. The van der Waals surface area contributed by atoms with E-state index in [9.17, 15) is 0 Å². The first-order chi connectivity index (χ1) is 25.9. The van der Waals surface area contributed by atoms with E-state index in [-0.39, 0.29) is 5.41 Å². The van der Waals surface area contributed by atoms with Gasteiger partial charge in [0.2, 0.25) is 0 Å². The Kier molecular flexibility index (Phi) is 9.24. The molecular formula is C49H48O4. The highest BCUT2D eigenvalue weighted by atomic mass is 16.5. The Morgan fingerprint density at radius 2 is 1.25 bits per heavy atom. The maximum atomic E-state index is 7.56. The lowest BCUT2D eigenvalue weighted by Crippen LogP contribution is -2.35. The molecule has 0 saturated heterocycles. The van der Waals surface area contributed by atoms with Gasteiger partial charge >= 0.3 is 0 Å². The number of hydrogen-bond donors (Lipinski definition) is 0. The van der Waals surface area contributed by atoms with Crippen LogP contribution in [-0.2, 0) is 11.0 Å². The van der Waals surface area contributed by atoms with Crippen LogP contribution in [0.4, 0.5) is 0 Å². The minimum atomic E-state index is -0.895. The first-order valence-corrected chi connectivity index (χ1v) is 19.1. The molecule has 0 spiro atoms. The summed E-state index contributed by atoms with van der Waals surface area (Å²) < 4.78 is 25.6. The Balaban J connectivity index is 1.31. The fourth-order valence-corrected chi connectivity index (χ4v) is 8.14. The predicted octanol–water partition coefficient (Wildman–Crippen LogP) is 12.5. The van der Waals surface area contributed by atoms with E-state index in [1.807, 2.05) is 6.07 Å². The number of ether oxygens (including phenoxy) is 4. The van der Waals surface area contributed by atoms with Crippen LogP contribution in [0, 0.1) is 0 Å². The van der Waals surface area contributed by atoms with E-state index < -0.39 is 5.60 Å². The molecule has 1 aliphatic carbocycles. The van der Waals surface area contributed by atoms with Crippen molar-refractivity contribution in [3.63, 3.8) is 0 Å². The van der Waals surface area contributed by atoms with Crippen molar-refractivity contribution in [1.29, 1.82) is 0 Å². The molecule has 0 N–H and O–H groups in total. The van der Waals surface area contributed by atoms with E-state index in [1.54, 1.807) is 7.11 Å². The quantitative estimate of drug-likeness (QED) is 0.119. The van der Waals surface area contributed by atoms with Crippen LogP contribution in [0.3, 0.4) is 0 Å². The summed E-state index contributed by atoms with van der Waals surface area (Å²) in [4.78, 5) is 0. The maximum Gasteiger partial charge on any atom is 0.178 e. The number of rotatable bonds is 12. The molecule has 0 aromatic heterocycles. The second-order valence-electron chi connectivity index (χ2n) is 14.8. The monoisotopic (exact) mass is 700 g/mol. The van der Waals surface area contributed by atoms with Gasteiger partial charge in [-0.05, 0) is 106 Å². The van der Waals surface area contributed by atoms with Crippen LogP contribution in [0.15, 0.2) is 121 Å². The molecule has 2 aliphatic rings. The minimum Gasteiger partial charge on any atom is -0.497 e. The number of fused-ring (bicyclic) bond motifs is 8. The Morgan fingerprint density at radius 3 is 1.85 bits per heavy atom. The predicted molar refractivity (Wildman–Crippen MR) is 218 cm³/mol. The molecule has 6 aromatic rings. The lowest BCUT2D eigenvalue weighted by atomic mass is 9.76. The summed E-state index contributed by atoms with van der Waals surface area (Å²) in [6.07, 6.45) is 8.80. The molecule has 0 atom stereocenters. The van der Waals surface area contributed by atoms with Crippen LogP contribution < -0.4 is 18.9 Å². The van der Waals surface area contributed by atoms with E-state index in [1.165, 1.54) is 33.4 Å². The smallest absolute Gasteiger partial charge is 0.178 e. The first kappa shape index (κ1) is 34.6. The van der Waals surface area contributed by atoms with Crippen molar-refractivity contribution in [2.24, 2.45) is 0 Å². The topological polar surface area (TPSA) is 36.9 Å². The molecule has 0 saturated carbocycles. The van der Waals surface area contributed by atoms with Gasteiger partial charge in [-0.25, -0.2) is 0 Å². The highest BCUT2D eigenvalue weighted by molar-refractivity contribution is 6.09. The molecule has 0 radical (unpaired) electrons. The second kappa shape index (κ2) is 14.2. The van der Waals surface area contributed by atoms with E-state index >= 15 is 0 Å². The lowest BCUT2D eigenvalue weighted by Gasteiger charge is -2.38. The zero-order valence-corrected chi connectivity index (χ0v) is 31.5. The van der Waals surface area contributed by atoms with Gasteiger partial charge in [-0.1, -0.05) is 113 Å².